The molecule has 2 aliphatic rings. The van der Waals surface area contributed by atoms with E-state index in [2.05, 4.69) is 17.6 Å². The van der Waals surface area contributed by atoms with Crippen LogP contribution in [0.15, 0.2) is 0 Å². The Balaban J connectivity index is 1.75. The molecule has 0 aromatic rings. The van der Waals surface area contributed by atoms with Crippen molar-refractivity contribution in [1.29, 1.82) is 0 Å². The van der Waals surface area contributed by atoms with Crippen LogP contribution in [0.5, 0.6) is 0 Å². The molecule has 0 bridgehead atoms. The second-order valence-corrected chi connectivity index (χ2v) is 7.72. The lowest BCUT2D eigenvalue weighted by Crippen LogP contribution is -2.60. The number of hydrogen-bond acceptors (Lipinski definition) is 3. The molecule has 0 saturated heterocycles. The highest BCUT2D eigenvalue weighted by molar-refractivity contribution is 5.69. The monoisotopic (exact) mass is 282 g/mol. The van der Waals surface area contributed by atoms with Crippen molar-refractivity contribution in [2.45, 2.75) is 83.4 Å². The highest BCUT2D eigenvalue weighted by Gasteiger charge is 2.39. The first kappa shape index (κ1) is 15.6. The minimum Gasteiger partial charge on any atom is -0.444 e. The normalized spacial score (nSPS) is 22.8. The number of ether oxygens (including phenoxy) is 1. The van der Waals surface area contributed by atoms with Crippen LogP contribution in [0, 0.1) is 5.92 Å². The fourth-order valence-corrected chi connectivity index (χ4v) is 2.78. The number of hydrogen-bond donors (Lipinski definition) is 2. The molecular formula is C16H30N2O2. The zero-order chi connectivity index (χ0) is 14.8. The van der Waals surface area contributed by atoms with Gasteiger partial charge in [0.15, 0.2) is 0 Å². The molecule has 2 N–H and O–H groups in total. The maximum Gasteiger partial charge on any atom is 0.408 e. The Labute approximate surface area is 123 Å². The third-order valence-corrected chi connectivity index (χ3v) is 4.25. The van der Waals surface area contributed by atoms with Gasteiger partial charge >= 0.3 is 6.09 Å². The van der Waals surface area contributed by atoms with E-state index in [0.29, 0.717) is 6.04 Å². The van der Waals surface area contributed by atoms with Crippen molar-refractivity contribution in [3.8, 4) is 0 Å². The predicted octanol–water partition coefficient (Wildman–Crippen LogP) is 3.21. The minimum atomic E-state index is -0.429. The van der Waals surface area contributed by atoms with E-state index in [9.17, 15) is 4.79 Å². The van der Waals surface area contributed by atoms with E-state index in [1.165, 1.54) is 25.7 Å². The summed E-state index contributed by atoms with van der Waals surface area (Å²) in [5, 5.41) is 6.68. The molecule has 1 unspecified atom stereocenters. The topological polar surface area (TPSA) is 50.4 Å². The van der Waals surface area contributed by atoms with Gasteiger partial charge in [-0.3, -0.25) is 0 Å². The second kappa shape index (κ2) is 5.92. The molecule has 1 amide bonds. The summed E-state index contributed by atoms with van der Waals surface area (Å²) in [5.74, 6) is 0.939. The number of carbonyl (C=O) groups is 1. The van der Waals surface area contributed by atoms with Crippen LogP contribution in [-0.4, -0.2) is 29.8 Å². The summed E-state index contributed by atoms with van der Waals surface area (Å²) in [6.07, 6.45) is 7.07. The number of amides is 1. The Hall–Kier alpha value is -0.770. The van der Waals surface area contributed by atoms with E-state index >= 15 is 0 Å². The van der Waals surface area contributed by atoms with Gasteiger partial charge in [-0.25, -0.2) is 4.79 Å². The molecule has 0 radical (unpaired) electrons. The third-order valence-electron chi connectivity index (χ3n) is 4.25. The van der Waals surface area contributed by atoms with E-state index in [4.69, 9.17) is 4.74 Å². The van der Waals surface area contributed by atoms with Crippen LogP contribution in [-0.2, 0) is 4.74 Å². The van der Waals surface area contributed by atoms with E-state index in [0.717, 1.165) is 25.3 Å². The number of rotatable bonds is 6. The molecule has 0 spiro atoms. The largest absolute Gasteiger partial charge is 0.444 e. The van der Waals surface area contributed by atoms with E-state index in [1.54, 1.807) is 0 Å². The molecule has 20 heavy (non-hydrogen) atoms. The Morgan fingerprint density at radius 1 is 1.35 bits per heavy atom. The van der Waals surface area contributed by atoms with Crippen LogP contribution in [0.25, 0.3) is 0 Å². The molecule has 2 saturated carbocycles. The Bertz CT molecular complexity index is 341. The van der Waals surface area contributed by atoms with Crippen molar-refractivity contribution >= 4 is 6.09 Å². The lowest BCUT2D eigenvalue weighted by atomic mass is 9.76. The van der Waals surface area contributed by atoms with Gasteiger partial charge in [-0.15, -0.1) is 0 Å². The molecule has 0 aromatic carbocycles. The molecule has 0 heterocycles. The number of alkyl carbamates (subject to hydrolysis) is 1. The fourth-order valence-electron chi connectivity index (χ4n) is 2.78. The molecule has 116 valence electrons. The van der Waals surface area contributed by atoms with Gasteiger partial charge < -0.3 is 15.4 Å². The lowest BCUT2D eigenvalue weighted by Gasteiger charge is -2.43. The van der Waals surface area contributed by atoms with Crippen LogP contribution >= 0.6 is 0 Å². The lowest BCUT2D eigenvalue weighted by molar-refractivity contribution is 0.0379. The van der Waals surface area contributed by atoms with Crippen molar-refractivity contribution in [3.05, 3.63) is 0 Å². The van der Waals surface area contributed by atoms with Gasteiger partial charge in [0.1, 0.15) is 5.60 Å². The van der Waals surface area contributed by atoms with Crippen LogP contribution < -0.4 is 10.6 Å². The Morgan fingerprint density at radius 3 is 2.45 bits per heavy atom. The van der Waals surface area contributed by atoms with Crippen LogP contribution in [0.3, 0.4) is 0 Å². The van der Waals surface area contributed by atoms with Gasteiger partial charge in [0, 0.05) is 12.6 Å². The Morgan fingerprint density at radius 2 is 2.00 bits per heavy atom. The molecule has 1 atom stereocenters. The molecule has 2 rings (SSSR count). The van der Waals surface area contributed by atoms with Crippen LogP contribution in [0.1, 0.15) is 66.2 Å². The molecule has 0 aromatic heterocycles. The average Bonchev–Trinajstić information content (AvgIpc) is 3.03. The van der Waals surface area contributed by atoms with Crippen molar-refractivity contribution in [2.24, 2.45) is 5.92 Å². The van der Waals surface area contributed by atoms with Gasteiger partial charge in [0.05, 0.1) is 5.54 Å². The van der Waals surface area contributed by atoms with Crippen LogP contribution in [0.2, 0.25) is 0 Å². The van der Waals surface area contributed by atoms with Gasteiger partial charge in [0.2, 0.25) is 0 Å². The Kier molecular flexibility index (Phi) is 4.62. The first-order valence-electron chi connectivity index (χ1n) is 8.03. The van der Waals surface area contributed by atoms with E-state index in [1.807, 2.05) is 20.8 Å². The van der Waals surface area contributed by atoms with E-state index in [-0.39, 0.29) is 11.6 Å². The minimum absolute atomic E-state index is 0.0832. The molecule has 0 aliphatic heterocycles. The van der Waals surface area contributed by atoms with Gasteiger partial charge in [0.25, 0.3) is 0 Å². The average molecular weight is 282 g/mol. The number of nitrogens with one attached hydrogen (secondary N) is 2. The maximum absolute atomic E-state index is 11.9. The summed E-state index contributed by atoms with van der Waals surface area (Å²) in [5.41, 5.74) is -0.512. The number of carbonyl (C=O) groups excluding carboxylic acids is 1. The SMILES string of the molecule is CC(CC1CC1)NCC1(NC(=O)OC(C)(C)C)CCC1. The summed E-state index contributed by atoms with van der Waals surface area (Å²) in [6, 6.07) is 0.542. The van der Waals surface area contributed by atoms with E-state index < -0.39 is 5.60 Å². The van der Waals surface area contributed by atoms with Gasteiger partial charge in [-0.2, -0.15) is 0 Å². The molecular weight excluding hydrogens is 252 g/mol. The summed E-state index contributed by atoms with van der Waals surface area (Å²) < 4.78 is 5.37. The van der Waals surface area contributed by atoms with Crippen molar-refractivity contribution in [2.75, 3.05) is 6.54 Å². The molecule has 2 aliphatic carbocycles. The highest BCUT2D eigenvalue weighted by Crippen LogP contribution is 2.34. The second-order valence-electron chi connectivity index (χ2n) is 7.72. The first-order chi connectivity index (χ1) is 9.28. The van der Waals surface area contributed by atoms with Gasteiger partial charge in [-0.05, 0) is 59.3 Å². The summed E-state index contributed by atoms with van der Waals surface area (Å²) in [7, 11) is 0. The predicted molar refractivity (Wildman–Crippen MR) is 80.8 cm³/mol. The molecule has 4 heteroatoms. The first-order valence-corrected chi connectivity index (χ1v) is 8.03. The third kappa shape index (κ3) is 4.97. The summed E-state index contributed by atoms with van der Waals surface area (Å²) in [4.78, 5) is 11.9. The van der Waals surface area contributed by atoms with Crippen molar-refractivity contribution in [1.82, 2.24) is 10.6 Å². The highest BCUT2D eigenvalue weighted by atomic mass is 16.6. The zero-order valence-corrected chi connectivity index (χ0v) is 13.4. The molecule has 2 fully saturated rings. The maximum atomic E-state index is 11.9. The van der Waals surface area contributed by atoms with Gasteiger partial charge in [-0.1, -0.05) is 12.8 Å². The fraction of sp³-hybridized carbons (Fsp3) is 0.938. The van der Waals surface area contributed by atoms with Crippen LogP contribution in [0.4, 0.5) is 4.79 Å². The summed E-state index contributed by atoms with van der Waals surface area (Å²) >= 11 is 0. The summed E-state index contributed by atoms with van der Waals surface area (Å²) in [6.45, 7) is 8.81. The van der Waals surface area contributed by atoms with Crippen molar-refractivity contribution < 1.29 is 9.53 Å². The smallest absolute Gasteiger partial charge is 0.408 e. The quantitative estimate of drug-likeness (QED) is 0.786. The molecule has 4 nitrogen and oxygen atoms in total. The zero-order valence-electron chi connectivity index (χ0n) is 13.4. The standard InChI is InChI=1S/C16H30N2O2/c1-12(10-13-6-7-13)17-11-16(8-5-9-16)18-14(19)20-15(2,3)4/h12-13,17H,5-11H2,1-4H3,(H,18,19). The van der Waals surface area contributed by atoms with Crippen molar-refractivity contribution in [3.63, 3.8) is 0 Å².